The Morgan fingerprint density at radius 3 is 2.69 bits per heavy atom. The van der Waals surface area contributed by atoms with E-state index >= 15 is 0 Å². The SMILES string of the molecule is CC[NH+]1CCN(C(=O)c2ccoc2C)CC1. The van der Waals surface area contributed by atoms with Gasteiger partial charge in [0.15, 0.2) is 0 Å². The summed E-state index contributed by atoms with van der Waals surface area (Å²) in [6.45, 7) is 8.98. The summed E-state index contributed by atoms with van der Waals surface area (Å²) < 4.78 is 5.17. The molecule has 88 valence electrons. The van der Waals surface area contributed by atoms with Crippen LogP contribution in [0.3, 0.4) is 0 Å². The van der Waals surface area contributed by atoms with Crippen molar-refractivity contribution in [2.24, 2.45) is 0 Å². The lowest BCUT2D eigenvalue weighted by Crippen LogP contribution is -3.14. The van der Waals surface area contributed by atoms with Crippen molar-refractivity contribution in [2.45, 2.75) is 13.8 Å². The molecule has 0 bridgehead atoms. The molecule has 4 heteroatoms. The van der Waals surface area contributed by atoms with Crippen LogP contribution in [0.2, 0.25) is 0 Å². The highest BCUT2D eigenvalue weighted by Gasteiger charge is 2.25. The molecule has 1 aliphatic heterocycles. The van der Waals surface area contributed by atoms with Gasteiger partial charge in [-0.1, -0.05) is 0 Å². The van der Waals surface area contributed by atoms with E-state index in [1.165, 1.54) is 0 Å². The van der Waals surface area contributed by atoms with E-state index < -0.39 is 0 Å². The van der Waals surface area contributed by atoms with E-state index in [-0.39, 0.29) is 5.91 Å². The highest BCUT2D eigenvalue weighted by Crippen LogP contribution is 2.11. The number of nitrogens with zero attached hydrogens (tertiary/aromatic N) is 1. The van der Waals surface area contributed by atoms with Crippen LogP contribution in [-0.4, -0.2) is 43.5 Å². The largest absolute Gasteiger partial charge is 0.469 e. The van der Waals surface area contributed by atoms with E-state index in [4.69, 9.17) is 4.42 Å². The van der Waals surface area contributed by atoms with E-state index in [0.717, 1.165) is 38.5 Å². The van der Waals surface area contributed by atoms with Crippen LogP contribution in [0.25, 0.3) is 0 Å². The molecule has 1 amide bonds. The third-order valence-corrected chi connectivity index (χ3v) is 3.35. The summed E-state index contributed by atoms with van der Waals surface area (Å²) in [6, 6.07) is 1.76. The first-order chi connectivity index (χ1) is 7.72. The average Bonchev–Trinajstić information content (AvgIpc) is 2.75. The molecule has 0 atom stereocenters. The Kier molecular flexibility index (Phi) is 3.29. The van der Waals surface area contributed by atoms with Crippen molar-refractivity contribution in [2.75, 3.05) is 32.7 Å². The van der Waals surface area contributed by atoms with Gasteiger partial charge < -0.3 is 14.2 Å². The van der Waals surface area contributed by atoms with Crippen molar-refractivity contribution in [3.8, 4) is 0 Å². The number of nitrogens with one attached hydrogen (secondary N) is 1. The summed E-state index contributed by atoms with van der Waals surface area (Å²) in [4.78, 5) is 15.6. The molecule has 0 unspecified atom stereocenters. The lowest BCUT2D eigenvalue weighted by molar-refractivity contribution is -0.902. The number of rotatable bonds is 2. The van der Waals surface area contributed by atoms with Gasteiger partial charge in [0.1, 0.15) is 5.76 Å². The van der Waals surface area contributed by atoms with Gasteiger partial charge in [-0.05, 0) is 19.9 Å². The molecule has 0 aliphatic carbocycles. The Labute approximate surface area is 95.8 Å². The minimum atomic E-state index is 0.112. The molecule has 0 radical (unpaired) electrons. The second kappa shape index (κ2) is 4.70. The summed E-state index contributed by atoms with van der Waals surface area (Å²) in [5, 5.41) is 0. The monoisotopic (exact) mass is 223 g/mol. The number of quaternary nitrogens is 1. The lowest BCUT2D eigenvalue weighted by Gasteiger charge is -2.31. The standard InChI is InChI=1S/C12H18N2O2/c1-3-13-5-7-14(8-6-13)12(15)11-4-9-16-10(11)2/h4,9H,3,5-8H2,1-2H3/p+1. The summed E-state index contributed by atoms with van der Waals surface area (Å²) >= 11 is 0. The molecule has 1 fully saturated rings. The molecular formula is C12H19N2O2+. The molecule has 0 spiro atoms. The van der Waals surface area contributed by atoms with Gasteiger partial charge in [-0.3, -0.25) is 4.79 Å². The molecule has 1 aromatic rings. The molecule has 1 aliphatic rings. The van der Waals surface area contributed by atoms with E-state index in [1.807, 2.05) is 11.8 Å². The third kappa shape index (κ3) is 2.11. The Bertz CT molecular complexity index is 365. The number of hydrogen-bond acceptors (Lipinski definition) is 2. The van der Waals surface area contributed by atoms with Crippen molar-refractivity contribution in [3.63, 3.8) is 0 Å². The maximum absolute atomic E-state index is 12.1. The van der Waals surface area contributed by atoms with Crippen LogP contribution >= 0.6 is 0 Å². The molecule has 2 heterocycles. The Morgan fingerprint density at radius 1 is 1.50 bits per heavy atom. The molecule has 2 rings (SSSR count). The topological polar surface area (TPSA) is 37.9 Å². The minimum absolute atomic E-state index is 0.112. The summed E-state index contributed by atoms with van der Waals surface area (Å²) in [5.41, 5.74) is 0.708. The second-order valence-corrected chi connectivity index (χ2v) is 4.29. The van der Waals surface area contributed by atoms with Gasteiger partial charge in [0.05, 0.1) is 44.6 Å². The third-order valence-electron chi connectivity index (χ3n) is 3.35. The predicted octanol–water partition coefficient (Wildman–Crippen LogP) is -0.0514. The number of likely N-dealkylation sites (N-methyl/N-ethyl adjacent to an activating group) is 1. The maximum atomic E-state index is 12.1. The first-order valence-electron chi connectivity index (χ1n) is 5.89. The lowest BCUT2D eigenvalue weighted by atomic mass is 10.2. The number of carbonyl (C=O) groups is 1. The number of piperazine rings is 1. The van der Waals surface area contributed by atoms with Crippen molar-refractivity contribution in [3.05, 3.63) is 23.7 Å². The van der Waals surface area contributed by atoms with E-state index in [0.29, 0.717) is 5.56 Å². The van der Waals surface area contributed by atoms with Gasteiger partial charge in [0, 0.05) is 0 Å². The minimum Gasteiger partial charge on any atom is -0.469 e. The molecule has 1 N–H and O–H groups in total. The van der Waals surface area contributed by atoms with Crippen LogP contribution in [-0.2, 0) is 0 Å². The average molecular weight is 223 g/mol. The zero-order chi connectivity index (χ0) is 11.5. The quantitative estimate of drug-likeness (QED) is 0.763. The van der Waals surface area contributed by atoms with Crippen molar-refractivity contribution >= 4 is 5.91 Å². The summed E-state index contributed by atoms with van der Waals surface area (Å²) in [6.07, 6.45) is 1.58. The Hall–Kier alpha value is -1.29. The smallest absolute Gasteiger partial charge is 0.257 e. The fourth-order valence-electron chi connectivity index (χ4n) is 2.16. The van der Waals surface area contributed by atoms with Crippen LogP contribution in [0.5, 0.6) is 0 Å². The maximum Gasteiger partial charge on any atom is 0.257 e. The van der Waals surface area contributed by atoms with Gasteiger partial charge in [-0.2, -0.15) is 0 Å². The molecule has 16 heavy (non-hydrogen) atoms. The van der Waals surface area contributed by atoms with Crippen LogP contribution in [0.1, 0.15) is 23.0 Å². The molecule has 0 aromatic carbocycles. The number of furan rings is 1. The van der Waals surface area contributed by atoms with Gasteiger partial charge >= 0.3 is 0 Å². The van der Waals surface area contributed by atoms with Crippen LogP contribution < -0.4 is 4.90 Å². The van der Waals surface area contributed by atoms with Crippen LogP contribution in [0.15, 0.2) is 16.7 Å². The molecule has 0 saturated carbocycles. The van der Waals surface area contributed by atoms with Crippen LogP contribution in [0.4, 0.5) is 0 Å². The van der Waals surface area contributed by atoms with E-state index in [1.54, 1.807) is 17.2 Å². The van der Waals surface area contributed by atoms with E-state index in [9.17, 15) is 4.79 Å². The number of aryl methyl sites for hydroxylation is 1. The van der Waals surface area contributed by atoms with Gasteiger partial charge in [0.25, 0.3) is 5.91 Å². The predicted molar refractivity (Wildman–Crippen MR) is 60.6 cm³/mol. The molecule has 1 aromatic heterocycles. The molecule has 4 nitrogen and oxygen atoms in total. The Morgan fingerprint density at radius 2 is 2.19 bits per heavy atom. The number of hydrogen-bond donors (Lipinski definition) is 1. The first-order valence-corrected chi connectivity index (χ1v) is 5.89. The van der Waals surface area contributed by atoms with Crippen molar-refractivity contribution in [1.82, 2.24) is 4.90 Å². The Balaban J connectivity index is 2.00. The number of amides is 1. The van der Waals surface area contributed by atoms with Crippen LogP contribution in [0, 0.1) is 6.92 Å². The fourth-order valence-corrected chi connectivity index (χ4v) is 2.16. The first kappa shape index (κ1) is 11.2. The highest BCUT2D eigenvalue weighted by molar-refractivity contribution is 5.95. The molecule has 1 saturated heterocycles. The summed E-state index contributed by atoms with van der Waals surface area (Å²) in [7, 11) is 0. The van der Waals surface area contributed by atoms with Gasteiger partial charge in [0.2, 0.25) is 0 Å². The van der Waals surface area contributed by atoms with Gasteiger partial charge in [-0.25, -0.2) is 0 Å². The highest BCUT2D eigenvalue weighted by atomic mass is 16.3. The van der Waals surface area contributed by atoms with Crippen molar-refractivity contribution < 1.29 is 14.1 Å². The second-order valence-electron chi connectivity index (χ2n) is 4.29. The number of carbonyl (C=O) groups excluding carboxylic acids is 1. The molecular weight excluding hydrogens is 204 g/mol. The summed E-state index contributed by atoms with van der Waals surface area (Å²) in [5.74, 6) is 0.830. The van der Waals surface area contributed by atoms with Crippen molar-refractivity contribution in [1.29, 1.82) is 0 Å². The normalized spacial score (nSPS) is 17.8. The zero-order valence-corrected chi connectivity index (χ0v) is 9.95. The van der Waals surface area contributed by atoms with E-state index in [2.05, 4.69) is 6.92 Å². The zero-order valence-electron chi connectivity index (χ0n) is 9.95. The fraction of sp³-hybridized carbons (Fsp3) is 0.583. The van der Waals surface area contributed by atoms with Gasteiger partial charge in [-0.15, -0.1) is 0 Å².